The number of para-hydroxylation sites is 1. The molecule has 0 bridgehead atoms. The second-order valence-corrected chi connectivity index (χ2v) is 5.77. The molecule has 0 saturated carbocycles. The van der Waals surface area contributed by atoms with Crippen molar-refractivity contribution in [1.82, 2.24) is 10.3 Å². The van der Waals surface area contributed by atoms with E-state index < -0.39 is 12.3 Å². The van der Waals surface area contributed by atoms with Crippen LogP contribution in [0.1, 0.15) is 31.1 Å². The summed E-state index contributed by atoms with van der Waals surface area (Å²) in [6, 6.07) is 7.42. The van der Waals surface area contributed by atoms with E-state index in [1.165, 1.54) is 7.11 Å². The first-order chi connectivity index (χ1) is 11.7. The molecule has 2 atom stereocenters. The second kappa shape index (κ2) is 7.34. The molecule has 2 heterocycles. The van der Waals surface area contributed by atoms with Crippen molar-refractivity contribution in [3.8, 4) is 0 Å². The largest absolute Gasteiger partial charge is 0.468 e. The molecule has 1 aliphatic rings. The Hall–Kier alpha value is -1.89. The predicted octanol–water partition coefficient (Wildman–Crippen LogP) is 2.30. The zero-order valence-electron chi connectivity index (χ0n) is 14.3. The van der Waals surface area contributed by atoms with Crippen molar-refractivity contribution in [1.29, 1.82) is 0 Å². The van der Waals surface area contributed by atoms with E-state index in [4.69, 9.17) is 14.2 Å². The topological polar surface area (TPSA) is 72.6 Å². The molecule has 6 nitrogen and oxygen atoms in total. The number of hydrogen-bond acceptors (Lipinski definition) is 5. The number of nitrogens with one attached hydrogen (secondary N) is 2. The standard InChI is InChI=1S/C18H24N2O4/c1-4-23-18(24-5-2)16-15-12(10-14(20-16)17(21)22-3)11-8-6-7-9-13(11)19-15/h6-9,14,16,18-20H,4-5,10H2,1-3H3/t14-,16-/m1/s1. The lowest BCUT2D eigenvalue weighted by atomic mass is 9.93. The summed E-state index contributed by atoms with van der Waals surface area (Å²) in [5.41, 5.74) is 3.18. The Bertz CT molecular complexity index is 706. The van der Waals surface area contributed by atoms with Crippen LogP contribution in [0.2, 0.25) is 0 Å². The zero-order valence-corrected chi connectivity index (χ0v) is 14.3. The van der Waals surface area contributed by atoms with Crippen LogP contribution < -0.4 is 5.32 Å². The van der Waals surface area contributed by atoms with Crippen molar-refractivity contribution in [3.05, 3.63) is 35.5 Å². The van der Waals surface area contributed by atoms with E-state index >= 15 is 0 Å². The summed E-state index contributed by atoms with van der Waals surface area (Å²) < 4.78 is 16.5. The predicted molar refractivity (Wildman–Crippen MR) is 90.7 cm³/mol. The highest BCUT2D eigenvalue weighted by Gasteiger charge is 2.38. The van der Waals surface area contributed by atoms with Crippen LogP contribution in [0.25, 0.3) is 10.9 Å². The fourth-order valence-corrected chi connectivity index (χ4v) is 3.35. The second-order valence-electron chi connectivity index (χ2n) is 5.77. The van der Waals surface area contributed by atoms with E-state index in [1.54, 1.807) is 0 Å². The Balaban J connectivity index is 2.05. The summed E-state index contributed by atoms with van der Waals surface area (Å²) in [4.78, 5) is 15.6. The number of H-pyrrole nitrogens is 1. The fraction of sp³-hybridized carbons (Fsp3) is 0.500. The quantitative estimate of drug-likeness (QED) is 0.627. The highest BCUT2D eigenvalue weighted by Crippen LogP contribution is 2.34. The van der Waals surface area contributed by atoms with Gasteiger partial charge in [-0.3, -0.25) is 10.1 Å². The van der Waals surface area contributed by atoms with Crippen molar-refractivity contribution < 1.29 is 19.0 Å². The minimum atomic E-state index is -0.473. The highest BCUT2D eigenvalue weighted by atomic mass is 16.7. The van der Waals surface area contributed by atoms with Crippen LogP contribution in [0.5, 0.6) is 0 Å². The molecule has 130 valence electrons. The molecular formula is C18H24N2O4. The van der Waals surface area contributed by atoms with E-state index in [-0.39, 0.29) is 12.0 Å². The van der Waals surface area contributed by atoms with Gasteiger partial charge in [0.2, 0.25) is 0 Å². The number of methoxy groups -OCH3 is 1. The molecule has 0 unspecified atom stereocenters. The molecule has 3 rings (SSSR count). The first-order valence-corrected chi connectivity index (χ1v) is 8.36. The van der Waals surface area contributed by atoms with Gasteiger partial charge in [-0.05, 0) is 25.5 Å². The number of aromatic amines is 1. The summed E-state index contributed by atoms with van der Waals surface area (Å²) >= 11 is 0. The lowest BCUT2D eigenvalue weighted by molar-refractivity contribution is -0.162. The molecule has 0 aliphatic carbocycles. The summed E-state index contributed by atoms with van der Waals surface area (Å²) in [6.45, 7) is 4.92. The van der Waals surface area contributed by atoms with Gasteiger partial charge >= 0.3 is 5.97 Å². The molecule has 0 fully saturated rings. The van der Waals surface area contributed by atoms with Crippen LogP contribution in [0, 0.1) is 0 Å². The summed E-state index contributed by atoms with van der Waals surface area (Å²) in [5, 5.41) is 4.46. The van der Waals surface area contributed by atoms with Crippen molar-refractivity contribution in [2.75, 3.05) is 20.3 Å². The Morgan fingerprint density at radius 3 is 2.62 bits per heavy atom. The van der Waals surface area contributed by atoms with E-state index in [9.17, 15) is 4.79 Å². The van der Waals surface area contributed by atoms with Crippen LogP contribution in [0.3, 0.4) is 0 Å². The number of fused-ring (bicyclic) bond motifs is 3. The van der Waals surface area contributed by atoms with Crippen LogP contribution in [-0.2, 0) is 25.4 Å². The molecule has 0 spiro atoms. The van der Waals surface area contributed by atoms with Gasteiger partial charge in [0.25, 0.3) is 0 Å². The molecular weight excluding hydrogens is 308 g/mol. The minimum Gasteiger partial charge on any atom is -0.468 e. The first kappa shape index (κ1) is 17.0. The van der Waals surface area contributed by atoms with Crippen molar-refractivity contribution in [3.63, 3.8) is 0 Å². The third-order valence-electron chi connectivity index (χ3n) is 4.37. The Kier molecular flexibility index (Phi) is 5.18. The molecule has 1 aromatic carbocycles. The SMILES string of the molecule is CCOC(OCC)[C@@H]1N[C@@H](C(=O)OC)Cc2c1[nH]c1ccccc21. The van der Waals surface area contributed by atoms with E-state index in [2.05, 4.69) is 16.4 Å². The number of benzene rings is 1. The zero-order chi connectivity index (χ0) is 17.1. The molecule has 2 N–H and O–H groups in total. The van der Waals surface area contributed by atoms with E-state index in [0.717, 1.165) is 22.2 Å². The van der Waals surface area contributed by atoms with Gasteiger partial charge in [0, 0.05) is 36.2 Å². The van der Waals surface area contributed by atoms with Gasteiger partial charge in [0.05, 0.1) is 7.11 Å². The van der Waals surface area contributed by atoms with Gasteiger partial charge < -0.3 is 19.2 Å². The maximum Gasteiger partial charge on any atom is 0.323 e. The molecule has 0 amide bonds. The Labute approximate surface area is 141 Å². The summed E-state index contributed by atoms with van der Waals surface area (Å²) in [7, 11) is 1.41. The fourth-order valence-electron chi connectivity index (χ4n) is 3.35. The maximum absolute atomic E-state index is 12.1. The molecule has 0 saturated heterocycles. The smallest absolute Gasteiger partial charge is 0.323 e. The lowest BCUT2D eigenvalue weighted by Crippen LogP contribution is -2.50. The molecule has 2 aromatic rings. The average molecular weight is 332 g/mol. The van der Waals surface area contributed by atoms with Gasteiger partial charge in [-0.1, -0.05) is 18.2 Å². The number of rotatable bonds is 6. The molecule has 6 heteroatoms. The average Bonchev–Trinajstić information content (AvgIpc) is 2.98. The third kappa shape index (κ3) is 3.05. The maximum atomic E-state index is 12.1. The van der Waals surface area contributed by atoms with Gasteiger partial charge in [-0.15, -0.1) is 0 Å². The monoisotopic (exact) mass is 332 g/mol. The van der Waals surface area contributed by atoms with Crippen LogP contribution >= 0.6 is 0 Å². The van der Waals surface area contributed by atoms with Gasteiger partial charge in [-0.2, -0.15) is 0 Å². The molecule has 24 heavy (non-hydrogen) atoms. The number of hydrogen-bond donors (Lipinski definition) is 2. The van der Waals surface area contributed by atoms with Crippen LogP contribution in [-0.4, -0.2) is 43.6 Å². The summed E-state index contributed by atoms with van der Waals surface area (Å²) in [6.07, 6.45) is 0.104. The third-order valence-corrected chi connectivity index (χ3v) is 4.37. The molecule has 0 radical (unpaired) electrons. The summed E-state index contributed by atoms with van der Waals surface area (Å²) in [5.74, 6) is -0.275. The van der Waals surface area contributed by atoms with Gasteiger partial charge in [0.15, 0.2) is 6.29 Å². The van der Waals surface area contributed by atoms with Gasteiger partial charge in [0.1, 0.15) is 12.1 Å². The van der Waals surface area contributed by atoms with Crippen molar-refractivity contribution in [2.45, 2.75) is 38.6 Å². The number of ether oxygens (including phenoxy) is 3. The molecule has 1 aromatic heterocycles. The van der Waals surface area contributed by atoms with Crippen molar-refractivity contribution >= 4 is 16.9 Å². The van der Waals surface area contributed by atoms with E-state index in [1.807, 2.05) is 32.0 Å². The highest BCUT2D eigenvalue weighted by molar-refractivity contribution is 5.87. The Morgan fingerprint density at radius 1 is 1.25 bits per heavy atom. The molecule has 1 aliphatic heterocycles. The van der Waals surface area contributed by atoms with Gasteiger partial charge in [-0.25, -0.2) is 0 Å². The van der Waals surface area contributed by atoms with E-state index in [0.29, 0.717) is 19.6 Å². The lowest BCUT2D eigenvalue weighted by Gasteiger charge is -2.34. The minimum absolute atomic E-state index is 0.259. The number of esters is 1. The number of carbonyl (C=O) groups is 1. The van der Waals surface area contributed by atoms with Crippen LogP contribution in [0.4, 0.5) is 0 Å². The normalized spacial score (nSPS) is 20.3. The first-order valence-electron chi connectivity index (χ1n) is 8.36. The van der Waals surface area contributed by atoms with Crippen LogP contribution in [0.15, 0.2) is 24.3 Å². The Morgan fingerprint density at radius 2 is 1.96 bits per heavy atom. The number of carbonyl (C=O) groups excluding carboxylic acids is 1. The number of aromatic nitrogens is 1. The van der Waals surface area contributed by atoms with Crippen molar-refractivity contribution in [2.24, 2.45) is 0 Å².